The molecule has 4 nitrogen and oxygen atoms in total. The highest BCUT2D eigenvalue weighted by molar-refractivity contribution is 6.33. The van der Waals surface area contributed by atoms with E-state index in [-0.39, 0.29) is 5.82 Å². The van der Waals surface area contributed by atoms with Gasteiger partial charge in [-0.1, -0.05) is 11.6 Å². The van der Waals surface area contributed by atoms with Crippen LogP contribution >= 0.6 is 11.6 Å². The lowest BCUT2D eigenvalue weighted by molar-refractivity contribution is 0.566. The van der Waals surface area contributed by atoms with Gasteiger partial charge in [0.05, 0.1) is 5.02 Å². The predicted molar refractivity (Wildman–Crippen MR) is 86.7 cm³/mol. The van der Waals surface area contributed by atoms with Crippen LogP contribution in [0.15, 0.2) is 30.6 Å². The molecule has 0 spiro atoms. The van der Waals surface area contributed by atoms with Gasteiger partial charge in [0, 0.05) is 49.2 Å². The van der Waals surface area contributed by atoms with Gasteiger partial charge in [-0.05, 0) is 31.5 Å². The number of halogens is 2. The molecule has 22 heavy (non-hydrogen) atoms. The van der Waals surface area contributed by atoms with Crippen molar-refractivity contribution in [3.8, 4) is 11.1 Å². The van der Waals surface area contributed by atoms with E-state index in [9.17, 15) is 4.39 Å². The van der Waals surface area contributed by atoms with E-state index in [0.717, 1.165) is 43.1 Å². The molecule has 0 radical (unpaired) electrons. The van der Waals surface area contributed by atoms with E-state index in [0.29, 0.717) is 11.1 Å². The Bertz CT molecular complexity index is 647. The number of anilines is 1. The molecule has 1 aromatic heterocycles. The fourth-order valence-corrected chi connectivity index (χ4v) is 2.83. The van der Waals surface area contributed by atoms with E-state index < -0.39 is 0 Å². The van der Waals surface area contributed by atoms with Crippen LogP contribution in [0.1, 0.15) is 13.3 Å². The quantitative estimate of drug-likeness (QED) is 0.923. The van der Waals surface area contributed by atoms with Crippen molar-refractivity contribution in [2.45, 2.75) is 19.4 Å². The molecule has 2 heterocycles. The highest BCUT2D eigenvalue weighted by atomic mass is 35.5. The zero-order valence-corrected chi connectivity index (χ0v) is 13.1. The summed E-state index contributed by atoms with van der Waals surface area (Å²) in [5.74, 6) is 0.371. The van der Waals surface area contributed by atoms with Crippen LogP contribution in [0.25, 0.3) is 11.1 Å². The summed E-state index contributed by atoms with van der Waals surface area (Å²) in [7, 11) is 0. The molecule has 0 amide bonds. The summed E-state index contributed by atoms with van der Waals surface area (Å²) in [5, 5.41) is 3.81. The van der Waals surface area contributed by atoms with Crippen molar-refractivity contribution >= 4 is 17.5 Å². The van der Waals surface area contributed by atoms with Crippen molar-refractivity contribution in [2.75, 3.05) is 24.5 Å². The summed E-state index contributed by atoms with van der Waals surface area (Å²) >= 11 is 6.08. The summed E-state index contributed by atoms with van der Waals surface area (Å²) < 4.78 is 13.1. The van der Waals surface area contributed by atoms with Crippen LogP contribution in [-0.2, 0) is 0 Å². The molecule has 1 aliphatic rings. The summed E-state index contributed by atoms with van der Waals surface area (Å²) in [6.07, 6.45) is 4.54. The van der Waals surface area contributed by atoms with Crippen molar-refractivity contribution in [1.29, 1.82) is 0 Å². The van der Waals surface area contributed by atoms with Crippen LogP contribution in [0.5, 0.6) is 0 Å². The molecule has 1 aromatic carbocycles. The van der Waals surface area contributed by atoms with Gasteiger partial charge in [0.25, 0.3) is 0 Å². The Kier molecular flexibility index (Phi) is 4.55. The first kappa shape index (κ1) is 15.2. The standard InChI is InChI=1S/C16H18ClFN4/c1-11-4-6-22(7-5-19-11)16-20-9-12(10-21-16)14-3-2-13(18)8-15(14)17/h2-3,8-11,19H,4-7H2,1H3. The van der Waals surface area contributed by atoms with Gasteiger partial charge in [-0.25, -0.2) is 14.4 Å². The Morgan fingerprint density at radius 2 is 2.05 bits per heavy atom. The average Bonchev–Trinajstić information content (AvgIpc) is 2.72. The molecule has 0 aliphatic carbocycles. The monoisotopic (exact) mass is 320 g/mol. The van der Waals surface area contributed by atoms with Gasteiger partial charge in [0.15, 0.2) is 0 Å². The summed E-state index contributed by atoms with van der Waals surface area (Å²) in [4.78, 5) is 11.1. The third kappa shape index (κ3) is 3.36. The second-order valence-corrected chi connectivity index (χ2v) is 5.93. The highest BCUT2D eigenvalue weighted by Crippen LogP contribution is 2.28. The zero-order chi connectivity index (χ0) is 15.5. The van der Waals surface area contributed by atoms with Crippen molar-refractivity contribution in [1.82, 2.24) is 15.3 Å². The maximum Gasteiger partial charge on any atom is 0.225 e. The molecular weight excluding hydrogens is 303 g/mol. The minimum atomic E-state index is -0.350. The van der Waals surface area contributed by atoms with E-state index in [1.165, 1.54) is 12.1 Å². The van der Waals surface area contributed by atoms with E-state index in [4.69, 9.17) is 11.6 Å². The number of nitrogens with zero attached hydrogens (tertiary/aromatic N) is 3. The molecule has 3 rings (SSSR count). The topological polar surface area (TPSA) is 41.1 Å². The van der Waals surface area contributed by atoms with Gasteiger partial charge >= 0.3 is 0 Å². The first-order chi connectivity index (χ1) is 10.6. The molecule has 1 fully saturated rings. The first-order valence-electron chi connectivity index (χ1n) is 7.39. The smallest absolute Gasteiger partial charge is 0.225 e. The molecule has 1 unspecified atom stereocenters. The van der Waals surface area contributed by atoms with E-state index in [2.05, 4.69) is 27.1 Å². The molecular formula is C16H18ClFN4. The third-order valence-corrected chi connectivity index (χ3v) is 4.18. The van der Waals surface area contributed by atoms with Gasteiger partial charge in [-0.3, -0.25) is 0 Å². The Hall–Kier alpha value is -1.72. The average molecular weight is 321 g/mol. The number of hydrogen-bond acceptors (Lipinski definition) is 4. The van der Waals surface area contributed by atoms with Gasteiger partial charge in [-0.15, -0.1) is 0 Å². The lowest BCUT2D eigenvalue weighted by atomic mass is 10.1. The first-order valence-corrected chi connectivity index (χ1v) is 7.77. The number of aromatic nitrogens is 2. The molecule has 0 bridgehead atoms. The molecule has 2 aromatic rings. The van der Waals surface area contributed by atoms with E-state index in [1.54, 1.807) is 18.5 Å². The van der Waals surface area contributed by atoms with Gasteiger partial charge < -0.3 is 10.2 Å². The Balaban J connectivity index is 1.80. The molecule has 116 valence electrons. The minimum absolute atomic E-state index is 0.350. The number of nitrogens with one attached hydrogen (secondary N) is 1. The second kappa shape index (κ2) is 6.58. The largest absolute Gasteiger partial charge is 0.339 e. The summed E-state index contributed by atoms with van der Waals surface area (Å²) in [5.41, 5.74) is 1.52. The van der Waals surface area contributed by atoms with E-state index in [1.807, 2.05) is 0 Å². The van der Waals surface area contributed by atoms with Crippen LogP contribution in [0.3, 0.4) is 0 Å². The fraction of sp³-hybridized carbons (Fsp3) is 0.375. The lowest BCUT2D eigenvalue weighted by Crippen LogP contribution is -2.30. The SMILES string of the molecule is CC1CCN(c2ncc(-c3ccc(F)cc3Cl)cn2)CCN1. The Morgan fingerprint density at radius 3 is 2.77 bits per heavy atom. The highest BCUT2D eigenvalue weighted by Gasteiger charge is 2.15. The van der Waals surface area contributed by atoms with Crippen LogP contribution < -0.4 is 10.2 Å². The molecule has 0 saturated carbocycles. The Labute approximate surface area is 134 Å². The van der Waals surface area contributed by atoms with Crippen molar-refractivity contribution < 1.29 is 4.39 Å². The van der Waals surface area contributed by atoms with Gasteiger partial charge in [0.1, 0.15) is 5.82 Å². The molecule has 1 saturated heterocycles. The van der Waals surface area contributed by atoms with Gasteiger partial charge in [-0.2, -0.15) is 0 Å². The van der Waals surface area contributed by atoms with Crippen molar-refractivity contribution in [3.63, 3.8) is 0 Å². The van der Waals surface area contributed by atoms with Gasteiger partial charge in [0.2, 0.25) is 5.95 Å². The van der Waals surface area contributed by atoms with Crippen molar-refractivity contribution in [2.24, 2.45) is 0 Å². The summed E-state index contributed by atoms with van der Waals surface area (Å²) in [6, 6.07) is 4.85. The predicted octanol–water partition coefficient (Wildman–Crippen LogP) is 3.12. The van der Waals surface area contributed by atoms with Crippen LogP contribution in [0.2, 0.25) is 5.02 Å². The molecule has 6 heteroatoms. The van der Waals surface area contributed by atoms with Crippen LogP contribution in [-0.4, -0.2) is 35.6 Å². The molecule has 1 atom stereocenters. The normalized spacial score (nSPS) is 19.0. The maximum atomic E-state index is 13.1. The third-order valence-electron chi connectivity index (χ3n) is 3.87. The maximum absolute atomic E-state index is 13.1. The minimum Gasteiger partial charge on any atom is -0.339 e. The number of benzene rings is 1. The number of rotatable bonds is 2. The lowest BCUT2D eigenvalue weighted by Gasteiger charge is -2.19. The molecule has 1 N–H and O–H groups in total. The van der Waals surface area contributed by atoms with Crippen molar-refractivity contribution in [3.05, 3.63) is 41.4 Å². The zero-order valence-electron chi connectivity index (χ0n) is 12.4. The second-order valence-electron chi connectivity index (χ2n) is 5.53. The molecule has 1 aliphatic heterocycles. The number of hydrogen-bond donors (Lipinski definition) is 1. The van der Waals surface area contributed by atoms with Crippen LogP contribution in [0, 0.1) is 5.82 Å². The van der Waals surface area contributed by atoms with Crippen LogP contribution in [0.4, 0.5) is 10.3 Å². The summed E-state index contributed by atoms with van der Waals surface area (Å²) in [6.45, 7) is 4.94. The fourth-order valence-electron chi connectivity index (χ4n) is 2.56. The Morgan fingerprint density at radius 1 is 1.27 bits per heavy atom. The van der Waals surface area contributed by atoms with E-state index >= 15 is 0 Å².